The highest BCUT2D eigenvalue weighted by Crippen LogP contribution is 2.03. The summed E-state index contributed by atoms with van der Waals surface area (Å²) >= 11 is 0. The lowest BCUT2D eigenvalue weighted by Crippen LogP contribution is -2.27. The third-order valence-corrected chi connectivity index (χ3v) is 2.45. The molecule has 20 heavy (non-hydrogen) atoms. The number of carbonyl (C=O) groups is 1. The van der Waals surface area contributed by atoms with Crippen LogP contribution in [0.25, 0.3) is 0 Å². The first-order valence-corrected chi connectivity index (χ1v) is 6.03. The number of nitrogens with one attached hydrogen (secondary N) is 1. The van der Waals surface area contributed by atoms with Crippen LogP contribution in [0.5, 0.6) is 0 Å². The second-order valence-electron chi connectivity index (χ2n) is 3.99. The normalized spacial score (nSPS) is 9.65. The Morgan fingerprint density at radius 1 is 1.45 bits per heavy atom. The van der Waals surface area contributed by atoms with Gasteiger partial charge in [-0.2, -0.15) is 0 Å². The summed E-state index contributed by atoms with van der Waals surface area (Å²) in [5, 5.41) is 13.3. The number of nitrogens with zero attached hydrogens (tertiary/aromatic N) is 4. The van der Waals surface area contributed by atoms with E-state index in [9.17, 15) is 4.79 Å². The Balaban J connectivity index is 1.88. The molecule has 0 radical (unpaired) electrons. The smallest absolute Gasteiger partial charge is 0.242 e. The molecule has 2 rings (SSSR count). The van der Waals surface area contributed by atoms with Crippen molar-refractivity contribution in [3.05, 3.63) is 41.7 Å². The van der Waals surface area contributed by atoms with Crippen molar-refractivity contribution in [3.8, 4) is 11.8 Å². The highest BCUT2D eigenvalue weighted by molar-refractivity contribution is 5.75. The number of amides is 1. The molecule has 1 amide bonds. The van der Waals surface area contributed by atoms with Gasteiger partial charge in [-0.15, -0.1) is 5.10 Å². The molecule has 0 saturated heterocycles. The van der Waals surface area contributed by atoms with Crippen molar-refractivity contribution in [2.45, 2.75) is 13.1 Å². The minimum Gasteiger partial charge on any atom is -0.350 e. The number of carbonyl (C=O) groups excluding carboxylic acids is 1. The lowest BCUT2D eigenvalue weighted by molar-refractivity contribution is -0.122. The van der Waals surface area contributed by atoms with E-state index in [0.29, 0.717) is 13.1 Å². The highest BCUT2D eigenvalue weighted by atomic mass is 16.2. The molecule has 1 aromatic heterocycles. The molecule has 1 aromatic carbocycles. The number of rotatable bonds is 4. The maximum atomic E-state index is 11.7. The molecular weight excluding hydrogens is 256 g/mol. The van der Waals surface area contributed by atoms with Crippen LogP contribution in [0.4, 0.5) is 0 Å². The van der Waals surface area contributed by atoms with Crippen molar-refractivity contribution in [1.82, 2.24) is 25.5 Å². The van der Waals surface area contributed by atoms with Crippen LogP contribution >= 0.6 is 0 Å². The van der Waals surface area contributed by atoms with E-state index in [1.54, 1.807) is 0 Å². The maximum absolute atomic E-state index is 11.7. The van der Waals surface area contributed by atoms with Crippen molar-refractivity contribution in [2.24, 2.45) is 5.73 Å². The average molecular weight is 270 g/mol. The second-order valence-corrected chi connectivity index (χ2v) is 3.99. The summed E-state index contributed by atoms with van der Waals surface area (Å²) in [6, 6.07) is 7.63. The molecule has 0 aliphatic heterocycles. The molecule has 0 saturated carbocycles. The fourth-order valence-electron chi connectivity index (χ4n) is 1.57. The predicted molar refractivity (Wildman–Crippen MR) is 72.0 cm³/mol. The number of hydrogen-bond donors (Lipinski definition) is 2. The summed E-state index contributed by atoms with van der Waals surface area (Å²) in [6.07, 6.45) is 1.39. The molecule has 0 atom stereocenters. The predicted octanol–water partition coefficient (Wildman–Crippen LogP) is -0.700. The molecule has 0 bridgehead atoms. The lowest BCUT2D eigenvalue weighted by atomic mass is 10.1. The minimum absolute atomic E-state index is 0.0969. The Bertz CT molecular complexity index is 626. The summed E-state index contributed by atoms with van der Waals surface area (Å²) in [5.74, 6) is 5.58. The molecule has 3 N–H and O–H groups in total. The molecule has 0 unspecified atom stereocenters. The zero-order valence-corrected chi connectivity index (χ0v) is 10.8. The van der Waals surface area contributed by atoms with Crippen LogP contribution in [0.2, 0.25) is 0 Å². The fraction of sp³-hybridized carbons (Fsp3) is 0.231. The van der Waals surface area contributed by atoms with Crippen LogP contribution in [0, 0.1) is 11.8 Å². The number of aromatic nitrogens is 4. The lowest BCUT2D eigenvalue weighted by Gasteiger charge is -2.05. The van der Waals surface area contributed by atoms with Gasteiger partial charge in [-0.05, 0) is 28.1 Å². The Kier molecular flexibility index (Phi) is 4.81. The van der Waals surface area contributed by atoms with Crippen molar-refractivity contribution in [3.63, 3.8) is 0 Å². The van der Waals surface area contributed by atoms with E-state index >= 15 is 0 Å². The van der Waals surface area contributed by atoms with E-state index in [1.165, 1.54) is 11.0 Å². The molecular formula is C13H14N6O. The first-order chi connectivity index (χ1) is 9.78. The highest BCUT2D eigenvalue weighted by Gasteiger charge is 2.03. The van der Waals surface area contributed by atoms with Gasteiger partial charge < -0.3 is 11.1 Å². The SMILES string of the molecule is NCC#Cc1cccc(CNC(=O)Cn2cnnn2)c1. The summed E-state index contributed by atoms with van der Waals surface area (Å²) in [4.78, 5) is 11.7. The van der Waals surface area contributed by atoms with E-state index in [2.05, 4.69) is 32.7 Å². The van der Waals surface area contributed by atoms with E-state index in [1.807, 2.05) is 24.3 Å². The maximum Gasteiger partial charge on any atom is 0.242 e. The molecule has 0 aliphatic rings. The van der Waals surface area contributed by atoms with Gasteiger partial charge in [0.15, 0.2) is 0 Å². The average Bonchev–Trinajstić information content (AvgIpc) is 2.96. The number of benzene rings is 1. The zero-order chi connectivity index (χ0) is 14.2. The van der Waals surface area contributed by atoms with E-state index in [-0.39, 0.29) is 12.5 Å². The number of hydrogen-bond acceptors (Lipinski definition) is 5. The third-order valence-electron chi connectivity index (χ3n) is 2.45. The van der Waals surface area contributed by atoms with Gasteiger partial charge in [0.1, 0.15) is 12.9 Å². The standard InChI is InChI=1S/C13H14N6O/c14-6-2-5-11-3-1-4-12(7-11)8-15-13(20)9-19-10-16-17-18-19/h1,3-4,7,10H,6,8-9,14H2,(H,15,20). The van der Waals surface area contributed by atoms with Gasteiger partial charge in [-0.3, -0.25) is 4.79 Å². The van der Waals surface area contributed by atoms with Crippen molar-refractivity contribution in [1.29, 1.82) is 0 Å². The minimum atomic E-state index is -0.157. The Morgan fingerprint density at radius 2 is 2.35 bits per heavy atom. The Morgan fingerprint density at radius 3 is 3.10 bits per heavy atom. The first-order valence-electron chi connectivity index (χ1n) is 6.03. The molecule has 0 fully saturated rings. The number of nitrogens with two attached hydrogens (primary N) is 1. The van der Waals surface area contributed by atoms with E-state index in [0.717, 1.165) is 11.1 Å². The van der Waals surface area contributed by atoms with Gasteiger partial charge in [0, 0.05) is 12.1 Å². The molecule has 7 heteroatoms. The van der Waals surface area contributed by atoms with Crippen molar-refractivity contribution >= 4 is 5.91 Å². The van der Waals surface area contributed by atoms with Gasteiger partial charge in [-0.1, -0.05) is 24.0 Å². The van der Waals surface area contributed by atoms with Gasteiger partial charge in [0.25, 0.3) is 0 Å². The summed E-state index contributed by atoms with van der Waals surface area (Å²) in [6.45, 7) is 0.853. The van der Waals surface area contributed by atoms with Gasteiger partial charge in [0.2, 0.25) is 5.91 Å². The van der Waals surface area contributed by atoms with E-state index < -0.39 is 0 Å². The van der Waals surface area contributed by atoms with Crippen LogP contribution in [0.15, 0.2) is 30.6 Å². The van der Waals surface area contributed by atoms with Gasteiger partial charge in [-0.25, -0.2) is 4.68 Å². The summed E-state index contributed by atoms with van der Waals surface area (Å²) in [7, 11) is 0. The topological polar surface area (TPSA) is 98.7 Å². The van der Waals surface area contributed by atoms with Crippen LogP contribution < -0.4 is 11.1 Å². The fourth-order valence-corrected chi connectivity index (χ4v) is 1.57. The second kappa shape index (κ2) is 7.01. The van der Waals surface area contributed by atoms with Gasteiger partial charge >= 0.3 is 0 Å². The Hall–Kier alpha value is -2.72. The summed E-state index contributed by atoms with van der Waals surface area (Å²) < 4.78 is 1.36. The Labute approximate surface area is 116 Å². The van der Waals surface area contributed by atoms with Crippen LogP contribution in [-0.2, 0) is 17.9 Å². The monoisotopic (exact) mass is 270 g/mol. The van der Waals surface area contributed by atoms with Crippen molar-refractivity contribution < 1.29 is 4.79 Å². The molecule has 2 aromatic rings. The summed E-state index contributed by atoms with van der Waals surface area (Å²) in [5.41, 5.74) is 7.18. The van der Waals surface area contributed by atoms with Gasteiger partial charge in [0.05, 0.1) is 6.54 Å². The third kappa shape index (κ3) is 4.19. The molecule has 7 nitrogen and oxygen atoms in total. The van der Waals surface area contributed by atoms with E-state index in [4.69, 9.17) is 5.73 Å². The molecule has 1 heterocycles. The molecule has 0 spiro atoms. The van der Waals surface area contributed by atoms with Crippen molar-refractivity contribution in [2.75, 3.05) is 6.54 Å². The zero-order valence-electron chi connectivity index (χ0n) is 10.8. The largest absolute Gasteiger partial charge is 0.350 e. The van der Waals surface area contributed by atoms with Crippen LogP contribution in [0.1, 0.15) is 11.1 Å². The molecule has 102 valence electrons. The first kappa shape index (κ1) is 13.7. The molecule has 0 aliphatic carbocycles. The number of tetrazole rings is 1. The quantitative estimate of drug-likeness (QED) is 0.716. The van der Waals surface area contributed by atoms with Crippen LogP contribution in [0.3, 0.4) is 0 Å². The van der Waals surface area contributed by atoms with Crippen LogP contribution in [-0.4, -0.2) is 32.7 Å².